The van der Waals surface area contributed by atoms with Crippen LogP contribution in [-0.2, 0) is 4.79 Å². The molecule has 1 aliphatic rings. The van der Waals surface area contributed by atoms with Gasteiger partial charge in [-0.3, -0.25) is 0 Å². The van der Waals surface area contributed by atoms with Crippen LogP contribution in [0.2, 0.25) is 0 Å². The number of alkyl halides is 3. The third-order valence-corrected chi connectivity index (χ3v) is 4.14. The van der Waals surface area contributed by atoms with Crippen molar-refractivity contribution < 1.29 is 23.1 Å². The van der Waals surface area contributed by atoms with Gasteiger partial charge in [0, 0.05) is 12.1 Å². The highest BCUT2D eigenvalue weighted by Gasteiger charge is 2.38. The maximum atomic E-state index is 10.6. The van der Waals surface area contributed by atoms with Crippen molar-refractivity contribution in [2.24, 2.45) is 0 Å². The lowest BCUT2D eigenvalue weighted by molar-refractivity contribution is -0.192. The van der Waals surface area contributed by atoms with Crippen molar-refractivity contribution in [2.75, 3.05) is 19.6 Å². The molecule has 0 aliphatic carbocycles. The maximum Gasteiger partial charge on any atom is 0.490 e. The highest BCUT2D eigenvalue weighted by molar-refractivity contribution is 5.73. The first-order valence-corrected chi connectivity index (χ1v) is 8.06. The molecule has 0 spiro atoms. The minimum absolute atomic E-state index is 0.535. The van der Waals surface area contributed by atoms with E-state index in [0.717, 1.165) is 18.0 Å². The lowest BCUT2D eigenvalue weighted by Gasteiger charge is -2.29. The van der Waals surface area contributed by atoms with Gasteiger partial charge in [-0.05, 0) is 51.0 Å². The van der Waals surface area contributed by atoms with Crippen LogP contribution in [0.1, 0.15) is 37.1 Å². The number of aliphatic carboxylic acids is 1. The number of fused-ring (bicyclic) bond motifs is 1. The van der Waals surface area contributed by atoms with Crippen LogP contribution in [0.3, 0.4) is 0 Å². The van der Waals surface area contributed by atoms with Gasteiger partial charge in [-0.1, -0.05) is 13.0 Å². The van der Waals surface area contributed by atoms with E-state index in [0.29, 0.717) is 5.92 Å². The summed E-state index contributed by atoms with van der Waals surface area (Å²) in [7, 11) is 0. The van der Waals surface area contributed by atoms with Gasteiger partial charge in [-0.15, -0.1) is 0 Å². The van der Waals surface area contributed by atoms with Crippen molar-refractivity contribution in [2.45, 2.75) is 38.8 Å². The number of carboxylic acid groups (broad SMARTS) is 1. The molecule has 1 fully saturated rings. The molecule has 9 heteroatoms. The van der Waals surface area contributed by atoms with Crippen LogP contribution < -0.4 is 0 Å². The number of halogens is 3. The molecule has 2 aromatic heterocycles. The molecule has 1 saturated heterocycles. The van der Waals surface area contributed by atoms with E-state index < -0.39 is 12.1 Å². The zero-order chi connectivity index (χ0) is 18.6. The number of rotatable bonds is 2. The van der Waals surface area contributed by atoms with Gasteiger partial charge < -0.3 is 10.0 Å². The monoisotopic (exact) mass is 358 g/mol. The molecule has 0 bridgehead atoms. The SMILES string of the molecule is CCN1CCC(c2nc3ccc(C)cn3n2)CC1.O=C(O)C(F)(F)F. The predicted octanol–water partition coefficient (Wildman–Crippen LogP) is 2.87. The summed E-state index contributed by atoms with van der Waals surface area (Å²) in [5.74, 6) is -1.20. The van der Waals surface area contributed by atoms with Crippen molar-refractivity contribution in [1.29, 1.82) is 0 Å². The zero-order valence-electron chi connectivity index (χ0n) is 14.1. The minimum Gasteiger partial charge on any atom is -0.475 e. The van der Waals surface area contributed by atoms with E-state index in [4.69, 9.17) is 9.90 Å². The first kappa shape index (κ1) is 19.2. The predicted molar refractivity (Wildman–Crippen MR) is 85.5 cm³/mol. The minimum atomic E-state index is -5.08. The Labute approximate surface area is 143 Å². The Balaban J connectivity index is 0.000000277. The molecule has 6 nitrogen and oxygen atoms in total. The van der Waals surface area contributed by atoms with E-state index in [1.807, 2.05) is 16.8 Å². The van der Waals surface area contributed by atoms with E-state index >= 15 is 0 Å². The first-order valence-electron chi connectivity index (χ1n) is 8.06. The van der Waals surface area contributed by atoms with Crippen LogP contribution in [0.25, 0.3) is 5.65 Å². The van der Waals surface area contributed by atoms with Crippen LogP contribution in [0.4, 0.5) is 13.2 Å². The second-order valence-electron chi connectivity index (χ2n) is 5.99. The smallest absolute Gasteiger partial charge is 0.475 e. The maximum absolute atomic E-state index is 10.6. The van der Waals surface area contributed by atoms with Crippen LogP contribution >= 0.6 is 0 Å². The fourth-order valence-corrected chi connectivity index (χ4v) is 2.68. The quantitative estimate of drug-likeness (QED) is 0.894. The molecule has 1 aliphatic heterocycles. The molecule has 2 aromatic rings. The number of nitrogens with zero attached hydrogens (tertiary/aromatic N) is 4. The molecule has 3 heterocycles. The Morgan fingerprint density at radius 2 is 1.92 bits per heavy atom. The van der Waals surface area contributed by atoms with Crippen LogP contribution in [0, 0.1) is 6.92 Å². The number of carbonyl (C=O) groups is 1. The average Bonchev–Trinajstić information content (AvgIpc) is 2.97. The number of piperidine rings is 1. The Morgan fingerprint density at radius 1 is 1.32 bits per heavy atom. The molecule has 0 saturated carbocycles. The zero-order valence-corrected chi connectivity index (χ0v) is 14.1. The van der Waals surface area contributed by atoms with Crippen LogP contribution in [0.5, 0.6) is 0 Å². The number of hydrogen-bond donors (Lipinski definition) is 1. The van der Waals surface area contributed by atoms with Crippen LogP contribution in [-0.4, -0.2) is 56.4 Å². The Hall–Kier alpha value is -2.16. The second kappa shape index (κ2) is 7.81. The molecule has 3 rings (SSSR count). The summed E-state index contributed by atoms with van der Waals surface area (Å²) in [6.07, 6.45) is -0.666. The Kier molecular flexibility index (Phi) is 5.99. The highest BCUT2D eigenvalue weighted by atomic mass is 19.4. The number of aromatic nitrogens is 3. The Morgan fingerprint density at radius 3 is 2.44 bits per heavy atom. The van der Waals surface area contributed by atoms with Gasteiger partial charge >= 0.3 is 12.1 Å². The second-order valence-corrected chi connectivity index (χ2v) is 5.99. The molecule has 0 amide bonds. The summed E-state index contributed by atoms with van der Waals surface area (Å²) in [4.78, 5) is 16.1. The fraction of sp³-hybridized carbons (Fsp3) is 0.562. The third-order valence-electron chi connectivity index (χ3n) is 4.14. The van der Waals surface area contributed by atoms with Gasteiger partial charge in [0.15, 0.2) is 11.5 Å². The lowest BCUT2D eigenvalue weighted by Crippen LogP contribution is -2.32. The van der Waals surface area contributed by atoms with E-state index in [-0.39, 0.29) is 0 Å². The first-order chi connectivity index (χ1) is 11.7. The number of pyridine rings is 1. The van der Waals surface area contributed by atoms with E-state index in [1.54, 1.807) is 0 Å². The van der Waals surface area contributed by atoms with Crippen LogP contribution in [0.15, 0.2) is 18.3 Å². The van der Waals surface area contributed by atoms with E-state index in [9.17, 15) is 13.2 Å². The van der Waals surface area contributed by atoms with Crippen molar-refractivity contribution in [3.63, 3.8) is 0 Å². The summed E-state index contributed by atoms with van der Waals surface area (Å²) < 4.78 is 33.6. The molecule has 0 radical (unpaired) electrons. The summed E-state index contributed by atoms with van der Waals surface area (Å²) in [5, 5.41) is 11.8. The van der Waals surface area contributed by atoms with Gasteiger partial charge in [-0.25, -0.2) is 14.3 Å². The Bertz CT molecular complexity index is 722. The van der Waals surface area contributed by atoms with Gasteiger partial charge in [-0.2, -0.15) is 18.3 Å². The number of aryl methyl sites for hydroxylation is 1. The summed E-state index contributed by atoms with van der Waals surface area (Å²) in [6, 6.07) is 4.14. The molecular formula is C16H21F3N4O2. The molecule has 1 N–H and O–H groups in total. The van der Waals surface area contributed by atoms with Crippen molar-refractivity contribution in [1.82, 2.24) is 19.5 Å². The number of hydrogen-bond acceptors (Lipinski definition) is 4. The third kappa shape index (κ3) is 5.15. The number of carboxylic acids is 1. The summed E-state index contributed by atoms with van der Waals surface area (Å²) in [6.45, 7) is 7.82. The molecular weight excluding hydrogens is 337 g/mol. The van der Waals surface area contributed by atoms with Crippen molar-refractivity contribution in [3.8, 4) is 0 Å². The molecule has 0 atom stereocenters. The van der Waals surface area contributed by atoms with Gasteiger partial charge in [0.25, 0.3) is 0 Å². The van der Waals surface area contributed by atoms with Crippen molar-refractivity contribution >= 4 is 11.6 Å². The molecule has 25 heavy (non-hydrogen) atoms. The standard InChI is InChI=1S/C14H20N4.C2HF3O2/c1-3-17-8-6-12(7-9-17)14-15-13-5-4-11(2)10-18(13)16-14;3-2(4,5)1(6)7/h4-5,10,12H,3,6-9H2,1-2H3;(H,6,7). The van der Waals surface area contributed by atoms with Gasteiger partial charge in [0.1, 0.15) is 0 Å². The average molecular weight is 358 g/mol. The van der Waals surface area contributed by atoms with Gasteiger partial charge in [0.2, 0.25) is 0 Å². The number of likely N-dealkylation sites (tertiary alicyclic amines) is 1. The summed E-state index contributed by atoms with van der Waals surface area (Å²) in [5.41, 5.74) is 2.19. The summed E-state index contributed by atoms with van der Waals surface area (Å²) >= 11 is 0. The van der Waals surface area contributed by atoms with E-state index in [2.05, 4.69) is 34.9 Å². The van der Waals surface area contributed by atoms with Gasteiger partial charge in [0.05, 0.1) is 0 Å². The normalized spacial score (nSPS) is 16.5. The molecule has 0 aromatic carbocycles. The van der Waals surface area contributed by atoms with Crippen molar-refractivity contribution in [3.05, 3.63) is 29.7 Å². The topological polar surface area (TPSA) is 70.7 Å². The lowest BCUT2D eigenvalue weighted by atomic mass is 9.96. The fourth-order valence-electron chi connectivity index (χ4n) is 2.68. The highest BCUT2D eigenvalue weighted by Crippen LogP contribution is 2.25. The molecule has 0 unspecified atom stereocenters. The molecule has 138 valence electrons. The van der Waals surface area contributed by atoms with E-state index in [1.165, 1.54) is 31.5 Å². The largest absolute Gasteiger partial charge is 0.490 e.